The van der Waals surface area contributed by atoms with Crippen LogP contribution in [0, 0.1) is 23.7 Å². The van der Waals surface area contributed by atoms with Crippen molar-refractivity contribution in [2.45, 2.75) is 59.4 Å². The van der Waals surface area contributed by atoms with E-state index < -0.39 is 59.9 Å². The van der Waals surface area contributed by atoms with E-state index in [0.717, 1.165) is 0 Å². The van der Waals surface area contributed by atoms with Crippen molar-refractivity contribution in [3.05, 3.63) is 0 Å². The number of carbonyl (C=O) groups is 4. The molecule has 10 nitrogen and oxygen atoms in total. The van der Waals surface area contributed by atoms with Gasteiger partial charge in [0.1, 0.15) is 0 Å². The Balaban J connectivity index is 4.57. The second kappa shape index (κ2) is 11.5. The molecule has 0 saturated carbocycles. The third-order valence-electron chi connectivity index (χ3n) is 4.38. The quantitative estimate of drug-likeness (QED) is 0.247. The summed E-state index contributed by atoms with van der Waals surface area (Å²) in [4.78, 5) is 45.8. The minimum Gasteiger partial charge on any atom is -0.481 e. The SMILES string of the molecule is CCC(CC(C)C(=O)NC(O)C(O)NC(=O)C(C)CC(C)C(=O)O)C(=O)O. The van der Waals surface area contributed by atoms with E-state index in [1.807, 2.05) is 0 Å². The number of amides is 2. The molecule has 0 aromatic rings. The van der Waals surface area contributed by atoms with Gasteiger partial charge in [-0.2, -0.15) is 0 Å². The van der Waals surface area contributed by atoms with E-state index in [2.05, 4.69) is 10.6 Å². The lowest BCUT2D eigenvalue weighted by atomic mass is 9.93. The summed E-state index contributed by atoms with van der Waals surface area (Å²) >= 11 is 0. The fraction of sp³-hybridized carbons (Fsp3) is 0.765. The molecule has 0 spiro atoms. The van der Waals surface area contributed by atoms with E-state index in [4.69, 9.17) is 10.2 Å². The summed E-state index contributed by atoms with van der Waals surface area (Å²) in [5.41, 5.74) is 0. The number of nitrogens with one attached hydrogen (secondary N) is 2. The second-order valence-electron chi connectivity index (χ2n) is 6.86. The van der Waals surface area contributed by atoms with Crippen LogP contribution in [0.2, 0.25) is 0 Å². The van der Waals surface area contributed by atoms with Crippen LogP contribution in [0.5, 0.6) is 0 Å². The maximum Gasteiger partial charge on any atom is 0.306 e. The van der Waals surface area contributed by atoms with Gasteiger partial charge in [-0.15, -0.1) is 0 Å². The molecule has 0 rings (SSSR count). The van der Waals surface area contributed by atoms with Gasteiger partial charge < -0.3 is 31.1 Å². The molecule has 0 aliphatic carbocycles. The lowest BCUT2D eigenvalue weighted by molar-refractivity contribution is -0.145. The summed E-state index contributed by atoms with van der Waals surface area (Å²) in [6.07, 6.45) is -3.13. The lowest BCUT2D eigenvalue weighted by Crippen LogP contribution is -2.53. The van der Waals surface area contributed by atoms with Gasteiger partial charge in [0, 0.05) is 11.8 Å². The van der Waals surface area contributed by atoms with Crippen LogP contribution in [0.3, 0.4) is 0 Å². The van der Waals surface area contributed by atoms with Crippen LogP contribution in [0.15, 0.2) is 0 Å². The fourth-order valence-electron chi connectivity index (χ4n) is 2.45. The molecule has 0 bridgehead atoms. The van der Waals surface area contributed by atoms with E-state index >= 15 is 0 Å². The zero-order chi connectivity index (χ0) is 21.3. The maximum absolute atomic E-state index is 12.0. The minimum absolute atomic E-state index is 0.0426. The number of aliphatic hydroxyl groups excluding tert-OH is 2. The van der Waals surface area contributed by atoms with Crippen LogP contribution in [-0.4, -0.2) is 56.6 Å². The third-order valence-corrected chi connectivity index (χ3v) is 4.38. The van der Waals surface area contributed by atoms with E-state index in [1.165, 1.54) is 20.8 Å². The van der Waals surface area contributed by atoms with Crippen LogP contribution < -0.4 is 10.6 Å². The van der Waals surface area contributed by atoms with Crippen molar-refractivity contribution in [2.24, 2.45) is 23.7 Å². The summed E-state index contributed by atoms with van der Waals surface area (Å²) in [6, 6.07) is 0. The van der Waals surface area contributed by atoms with Crippen LogP contribution in [-0.2, 0) is 19.2 Å². The average Bonchev–Trinajstić information content (AvgIpc) is 2.58. The normalized spacial score (nSPS) is 17.7. The first-order chi connectivity index (χ1) is 12.4. The smallest absolute Gasteiger partial charge is 0.306 e. The topological polar surface area (TPSA) is 173 Å². The maximum atomic E-state index is 12.0. The first-order valence-corrected chi connectivity index (χ1v) is 8.83. The Morgan fingerprint density at radius 3 is 1.48 bits per heavy atom. The van der Waals surface area contributed by atoms with Crippen LogP contribution in [0.4, 0.5) is 0 Å². The van der Waals surface area contributed by atoms with Crippen molar-refractivity contribution >= 4 is 23.8 Å². The standard InChI is InChI=1S/C17H30N2O8/c1-5-11(17(26)27)7-9(3)13(21)19-15(23)14(22)18-12(20)8(2)6-10(4)16(24)25/h8-11,14-15,22-23H,5-7H2,1-4H3,(H,18,20)(H,19,21)(H,24,25)(H,26,27). The molecule has 156 valence electrons. The van der Waals surface area contributed by atoms with Crippen molar-refractivity contribution in [2.75, 3.05) is 0 Å². The van der Waals surface area contributed by atoms with E-state index in [9.17, 15) is 29.4 Å². The zero-order valence-electron chi connectivity index (χ0n) is 16.0. The zero-order valence-corrected chi connectivity index (χ0v) is 16.0. The summed E-state index contributed by atoms with van der Waals surface area (Å²) in [5, 5.41) is 41.7. The number of carboxylic acid groups (broad SMARTS) is 2. The predicted molar refractivity (Wildman–Crippen MR) is 94.1 cm³/mol. The monoisotopic (exact) mass is 390 g/mol. The van der Waals surface area contributed by atoms with Gasteiger partial charge in [0.15, 0.2) is 12.5 Å². The average molecular weight is 390 g/mol. The Morgan fingerprint density at radius 1 is 0.741 bits per heavy atom. The highest BCUT2D eigenvalue weighted by Gasteiger charge is 2.28. The predicted octanol–water partition coefficient (Wildman–Crippen LogP) is -0.260. The molecule has 27 heavy (non-hydrogen) atoms. The molecular weight excluding hydrogens is 360 g/mol. The minimum atomic E-state index is -1.79. The number of carbonyl (C=O) groups excluding carboxylic acids is 2. The Bertz CT molecular complexity index is 539. The summed E-state index contributed by atoms with van der Waals surface area (Å²) in [6.45, 7) is 6.10. The summed E-state index contributed by atoms with van der Waals surface area (Å²) in [7, 11) is 0. The van der Waals surface area contributed by atoms with Crippen LogP contribution in [0.1, 0.15) is 47.0 Å². The van der Waals surface area contributed by atoms with E-state index in [-0.39, 0.29) is 12.8 Å². The second-order valence-corrected chi connectivity index (χ2v) is 6.86. The molecule has 6 atom stereocenters. The van der Waals surface area contributed by atoms with Gasteiger partial charge in [0.05, 0.1) is 11.8 Å². The van der Waals surface area contributed by atoms with Crippen LogP contribution >= 0.6 is 0 Å². The van der Waals surface area contributed by atoms with Crippen molar-refractivity contribution in [3.8, 4) is 0 Å². The van der Waals surface area contributed by atoms with E-state index in [0.29, 0.717) is 6.42 Å². The van der Waals surface area contributed by atoms with Gasteiger partial charge >= 0.3 is 11.9 Å². The van der Waals surface area contributed by atoms with Crippen molar-refractivity contribution < 1.29 is 39.6 Å². The summed E-state index contributed by atoms with van der Waals surface area (Å²) in [5.74, 6) is -6.32. The molecular formula is C17H30N2O8. The van der Waals surface area contributed by atoms with Gasteiger partial charge in [-0.3, -0.25) is 19.2 Å². The Labute approximate surface area is 158 Å². The Hall–Kier alpha value is -2.20. The molecule has 10 heteroatoms. The van der Waals surface area contributed by atoms with Gasteiger partial charge in [-0.05, 0) is 19.3 Å². The molecule has 2 amide bonds. The highest BCUT2D eigenvalue weighted by Crippen LogP contribution is 2.16. The number of hydrogen-bond donors (Lipinski definition) is 6. The molecule has 0 aromatic carbocycles. The molecule has 0 aliphatic rings. The number of aliphatic carboxylic acids is 2. The van der Waals surface area contributed by atoms with Crippen molar-refractivity contribution in [3.63, 3.8) is 0 Å². The molecule has 0 aliphatic heterocycles. The molecule has 0 radical (unpaired) electrons. The van der Waals surface area contributed by atoms with E-state index in [1.54, 1.807) is 6.92 Å². The van der Waals surface area contributed by atoms with Gasteiger partial charge in [-0.1, -0.05) is 27.7 Å². The number of rotatable bonds is 12. The Morgan fingerprint density at radius 2 is 1.15 bits per heavy atom. The first kappa shape index (κ1) is 24.8. The highest BCUT2D eigenvalue weighted by atomic mass is 16.4. The summed E-state index contributed by atoms with van der Waals surface area (Å²) < 4.78 is 0. The molecule has 6 unspecified atom stereocenters. The molecule has 0 aromatic heterocycles. The lowest BCUT2D eigenvalue weighted by Gasteiger charge is -2.24. The third kappa shape index (κ3) is 8.83. The Kier molecular flexibility index (Phi) is 10.6. The van der Waals surface area contributed by atoms with Gasteiger partial charge in [0.25, 0.3) is 0 Å². The fourth-order valence-corrected chi connectivity index (χ4v) is 2.45. The number of hydrogen-bond acceptors (Lipinski definition) is 6. The number of carboxylic acids is 2. The van der Waals surface area contributed by atoms with Crippen molar-refractivity contribution in [1.82, 2.24) is 10.6 Å². The van der Waals surface area contributed by atoms with Gasteiger partial charge in [0.2, 0.25) is 11.8 Å². The molecule has 0 heterocycles. The van der Waals surface area contributed by atoms with Crippen LogP contribution in [0.25, 0.3) is 0 Å². The molecule has 6 N–H and O–H groups in total. The largest absolute Gasteiger partial charge is 0.481 e. The molecule has 0 saturated heterocycles. The van der Waals surface area contributed by atoms with Gasteiger partial charge in [-0.25, -0.2) is 0 Å². The first-order valence-electron chi connectivity index (χ1n) is 8.83. The number of aliphatic hydroxyl groups is 2. The molecule has 0 fully saturated rings. The van der Waals surface area contributed by atoms with Crippen molar-refractivity contribution in [1.29, 1.82) is 0 Å². The highest BCUT2D eigenvalue weighted by molar-refractivity contribution is 5.81.